The first-order valence-electron chi connectivity index (χ1n) is 6.68. The third-order valence-electron chi connectivity index (χ3n) is 2.85. The maximum Gasteiger partial charge on any atom is 0.161 e. The predicted molar refractivity (Wildman–Crippen MR) is 80.6 cm³/mol. The highest BCUT2D eigenvalue weighted by Gasteiger charge is 2.10. The van der Waals surface area contributed by atoms with E-state index in [9.17, 15) is 5.11 Å². The van der Waals surface area contributed by atoms with Gasteiger partial charge >= 0.3 is 0 Å². The molecule has 0 amide bonds. The quantitative estimate of drug-likeness (QED) is 0.850. The second kappa shape index (κ2) is 6.90. The van der Waals surface area contributed by atoms with Crippen molar-refractivity contribution >= 4 is 5.82 Å². The minimum Gasteiger partial charge on any atom is -0.504 e. The van der Waals surface area contributed by atoms with Crippen LogP contribution >= 0.6 is 0 Å². The topological polar surface area (TPSA) is 76.5 Å². The fraction of sp³-hybridized carbons (Fsp3) is 0.333. The van der Waals surface area contributed by atoms with Gasteiger partial charge in [-0.3, -0.25) is 0 Å². The molecule has 0 aliphatic heterocycles. The number of phenols is 1. The van der Waals surface area contributed by atoms with Crippen molar-refractivity contribution in [2.75, 3.05) is 26.1 Å². The zero-order valence-electron chi connectivity index (χ0n) is 12.4. The van der Waals surface area contributed by atoms with Crippen molar-refractivity contribution in [3.05, 3.63) is 30.0 Å². The molecule has 2 N–H and O–H groups in total. The number of phenolic OH excluding ortho intramolecular Hbond substituents is 1. The van der Waals surface area contributed by atoms with Crippen molar-refractivity contribution in [1.82, 2.24) is 9.97 Å². The van der Waals surface area contributed by atoms with Gasteiger partial charge in [-0.2, -0.15) is 0 Å². The molecule has 0 unspecified atom stereocenters. The van der Waals surface area contributed by atoms with E-state index in [1.807, 2.05) is 13.0 Å². The molecule has 1 aromatic carbocycles. The van der Waals surface area contributed by atoms with Crippen LogP contribution in [0.15, 0.2) is 24.3 Å². The van der Waals surface area contributed by atoms with Crippen LogP contribution in [0.4, 0.5) is 5.82 Å². The molecule has 0 saturated carbocycles. The third kappa shape index (κ3) is 3.61. The summed E-state index contributed by atoms with van der Waals surface area (Å²) >= 11 is 0. The van der Waals surface area contributed by atoms with E-state index in [1.54, 1.807) is 32.4 Å². The molecule has 0 bridgehead atoms. The molecule has 112 valence electrons. The van der Waals surface area contributed by atoms with E-state index in [1.165, 1.54) is 0 Å². The van der Waals surface area contributed by atoms with Crippen molar-refractivity contribution in [3.63, 3.8) is 0 Å². The lowest BCUT2D eigenvalue weighted by Gasteiger charge is -2.10. The Bertz CT molecular complexity index is 617. The molecule has 21 heavy (non-hydrogen) atoms. The zero-order valence-corrected chi connectivity index (χ0v) is 12.4. The number of ether oxygens (including phenoxy) is 2. The number of nitrogens with zero attached hydrogens (tertiary/aromatic N) is 2. The van der Waals surface area contributed by atoms with E-state index in [-0.39, 0.29) is 5.75 Å². The highest BCUT2D eigenvalue weighted by atomic mass is 16.5. The Balaban J connectivity index is 2.44. The molecular weight excluding hydrogens is 270 g/mol. The molecule has 0 aliphatic rings. The monoisotopic (exact) mass is 289 g/mol. The number of anilines is 1. The largest absolute Gasteiger partial charge is 0.504 e. The molecule has 2 rings (SSSR count). The van der Waals surface area contributed by atoms with E-state index in [2.05, 4.69) is 15.3 Å². The van der Waals surface area contributed by atoms with Crippen LogP contribution in [0.25, 0.3) is 11.4 Å². The third-order valence-corrected chi connectivity index (χ3v) is 2.85. The minimum atomic E-state index is 0.0995. The Morgan fingerprint density at radius 2 is 2.05 bits per heavy atom. The molecule has 0 radical (unpaired) electrons. The van der Waals surface area contributed by atoms with E-state index >= 15 is 0 Å². The zero-order chi connectivity index (χ0) is 15.2. The smallest absolute Gasteiger partial charge is 0.161 e. The highest BCUT2D eigenvalue weighted by molar-refractivity contribution is 5.62. The summed E-state index contributed by atoms with van der Waals surface area (Å²) in [6.45, 7) is 2.74. The molecule has 2 aromatic rings. The van der Waals surface area contributed by atoms with Crippen LogP contribution in [-0.2, 0) is 11.3 Å². The molecule has 6 heteroatoms. The maximum absolute atomic E-state index is 9.75. The number of hydrogen-bond donors (Lipinski definition) is 2. The van der Waals surface area contributed by atoms with Gasteiger partial charge in [0.05, 0.1) is 18.9 Å². The van der Waals surface area contributed by atoms with Gasteiger partial charge in [-0.05, 0) is 25.1 Å². The fourth-order valence-corrected chi connectivity index (χ4v) is 1.90. The number of aromatic nitrogens is 2. The second-order valence-corrected chi connectivity index (χ2v) is 4.37. The number of aromatic hydroxyl groups is 1. The van der Waals surface area contributed by atoms with E-state index < -0.39 is 0 Å². The molecule has 1 aromatic heterocycles. The first-order chi connectivity index (χ1) is 10.2. The summed E-state index contributed by atoms with van der Waals surface area (Å²) in [7, 11) is 3.42. The van der Waals surface area contributed by atoms with Crippen molar-refractivity contribution in [2.45, 2.75) is 13.5 Å². The van der Waals surface area contributed by atoms with Gasteiger partial charge in [0.2, 0.25) is 0 Å². The van der Waals surface area contributed by atoms with Gasteiger partial charge in [0.15, 0.2) is 17.3 Å². The van der Waals surface area contributed by atoms with Gasteiger partial charge in [0, 0.05) is 25.8 Å². The number of rotatable bonds is 6. The van der Waals surface area contributed by atoms with Crippen LogP contribution in [-0.4, -0.2) is 35.8 Å². The molecule has 0 fully saturated rings. The number of hydrogen-bond acceptors (Lipinski definition) is 6. The van der Waals surface area contributed by atoms with Crippen LogP contribution in [0.2, 0.25) is 0 Å². The normalized spacial score (nSPS) is 10.4. The number of benzene rings is 1. The van der Waals surface area contributed by atoms with E-state index in [4.69, 9.17) is 9.47 Å². The summed E-state index contributed by atoms with van der Waals surface area (Å²) in [5, 5.41) is 12.8. The van der Waals surface area contributed by atoms with Crippen molar-refractivity contribution in [2.24, 2.45) is 0 Å². The molecule has 1 heterocycles. The summed E-state index contributed by atoms with van der Waals surface area (Å²) in [5.41, 5.74) is 1.54. The highest BCUT2D eigenvalue weighted by Crippen LogP contribution is 2.30. The standard InChI is InChI=1S/C15H19N3O3/c1-4-21-13-7-10(5-6-12(13)19)15-17-11(9-20-3)8-14(16-2)18-15/h5-8,19H,4,9H2,1-3H3,(H,16,17,18). The Morgan fingerprint density at radius 3 is 2.71 bits per heavy atom. The molecule has 0 saturated heterocycles. The Morgan fingerprint density at radius 1 is 1.24 bits per heavy atom. The first kappa shape index (κ1) is 15.1. The first-order valence-corrected chi connectivity index (χ1v) is 6.68. The Hall–Kier alpha value is -2.34. The van der Waals surface area contributed by atoms with E-state index in [0.717, 1.165) is 11.3 Å². The molecule has 0 atom stereocenters. The van der Waals surface area contributed by atoms with Crippen LogP contribution < -0.4 is 10.1 Å². The van der Waals surface area contributed by atoms with Crippen molar-refractivity contribution in [1.29, 1.82) is 0 Å². The summed E-state index contributed by atoms with van der Waals surface area (Å²) < 4.78 is 10.5. The summed E-state index contributed by atoms with van der Waals surface area (Å²) in [5.74, 6) is 1.78. The minimum absolute atomic E-state index is 0.0995. The predicted octanol–water partition coefficient (Wildman–Crippen LogP) is 2.44. The van der Waals surface area contributed by atoms with Crippen LogP contribution in [0.3, 0.4) is 0 Å². The summed E-state index contributed by atoms with van der Waals surface area (Å²) in [6, 6.07) is 6.88. The van der Waals surface area contributed by atoms with Gasteiger partial charge in [0.25, 0.3) is 0 Å². The second-order valence-electron chi connectivity index (χ2n) is 4.37. The van der Waals surface area contributed by atoms with Crippen molar-refractivity contribution in [3.8, 4) is 22.9 Å². The molecule has 0 spiro atoms. The summed E-state index contributed by atoms with van der Waals surface area (Å²) in [4.78, 5) is 8.88. The summed E-state index contributed by atoms with van der Waals surface area (Å²) in [6.07, 6.45) is 0. The van der Waals surface area contributed by atoms with Crippen molar-refractivity contribution < 1.29 is 14.6 Å². The van der Waals surface area contributed by atoms with Crippen LogP contribution in [0, 0.1) is 0 Å². The lowest BCUT2D eigenvalue weighted by atomic mass is 10.2. The average Bonchev–Trinajstić information content (AvgIpc) is 2.49. The van der Waals surface area contributed by atoms with E-state index in [0.29, 0.717) is 30.6 Å². The fourth-order valence-electron chi connectivity index (χ4n) is 1.90. The van der Waals surface area contributed by atoms with Gasteiger partial charge < -0.3 is 19.9 Å². The number of methoxy groups -OCH3 is 1. The van der Waals surface area contributed by atoms with Gasteiger partial charge in [-0.25, -0.2) is 9.97 Å². The SMILES string of the molecule is CCOc1cc(-c2nc(COC)cc(NC)n2)ccc1O. The van der Waals surface area contributed by atoms with Gasteiger partial charge in [-0.1, -0.05) is 0 Å². The van der Waals surface area contributed by atoms with Gasteiger partial charge in [-0.15, -0.1) is 0 Å². The molecule has 0 aliphatic carbocycles. The lowest BCUT2D eigenvalue weighted by Crippen LogP contribution is -2.02. The Kier molecular flexibility index (Phi) is 4.94. The number of nitrogens with one attached hydrogen (secondary N) is 1. The Labute approximate surface area is 123 Å². The molecule has 6 nitrogen and oxygen atoms in total. The average molecular weight is 289 g/mol. The van der Waals surface area contributed by atoms with Crippen LogP contribution in [0.1, 0.15) is 12.6 Å². The molecular formula is C15H19N3O3. The maximum atomic E-state index is 9.75. The van der Waals surface area contributed by atoms with Crippen LogP contribution in [0.5, 0.6) is 11.5 Å². The van der Waals surface area contributed by atoms with Gasteiger partial charge in [0.1, 0.15) is 5.82 Å². The lowest BCUT2D eigenvalue weighted by molar-refractivity contribution is 0.181.